The summed E-state index contributed by atoms with van der Waals surface area (Å²) in [4.78, 5) is 40.0. The van der Waals surface area contributed by atoms with Gasteiger partial charge in [0.25, 0.3) is 7.82 Å². The zero-order chi connectivity index (χ0) is 57.9. The molecule has 0 aliphatic carbocycles. The van der Waals surface area contributed by atoms with Crippen molar-refractivity contribution in [3.63, 3.8) is 0 Å². The third-order valence-electron chi connectivity index (χ3n) is 14.3. The van der Waals surface area contributed by atoms with Crippen LogP contribution in [-0.4, -0.2) is 69.4 Å². The molecule has 0 spiro atoms. The lowest BCUT2D eigenvalue weighted by Gasteiger charge is -2.30. The monoisotopic (exact) mass is 1120 g/mol. The van der Waals surface area contributed by atoms with E-state index in [0.717, 1.165) is 109 Å². The molecule has 79 heavy (non-hydrogen) atoms. The number of amides is 1. The van der Waals surface area contributed by atoms with Gasteiger partial charge in [-0.2, -0.15) is 0 Å². The lowest BCUT2D eigenvalue weighted by atomic mass is 10.0. The van der Waals surface area contributed by atoms with Crippen LogP contribution in [0.2, 0.25) is 0 Å². The maximum atomic E-state index is 13.5. The van der Waals surface area contributed by atoms with Crippen molar-refractivity contribution in [2.24, 2.45) is 0 Å². The Balaban J connectivity index is 5.05. The number of phosphoric acid groups is 1. The summed E-state index contributed by atoms with van der Waals surface area (Å²) in [6.45, 7) is 6.72. The fraction of sp³-hybridized carbons (Fsp3) is 0.768. The van der Waals surface area contributed by atoms with Crippen LogP contribution in [0.5, 0.6) is 0 Å². The van der Waals surface area contributed by atoms with E-state index < -0.39 is 26.6 Å². The van der Waals surface area contributed by atoms with Gasteiger partial charge in [0.05, 0.1) is 33.8 Å². The smallest absolute Gasteiger partial charge is 0.306 e. The first kappa shape index (κ1) is 76.2. The van der Waals surface area contributed by atoms with Crippen molar-refractivity contribution in [1.82, 2.24) is 5.32 Å². The van der Waals surface area contributed by atoms with E-state index in [0.29, 0.717) is 17.4 Å². The van der Waals surface area contributed by atoms with Crippen LogP contribution in [0.3, 0.4) is 0 Å². The van der Waals surface area contributed by atoms with E-state index in [2.05, 4.69) is 99.0 Å². The highest BCUT2D eigenvalue weighted by Crippen LogP contribution is 2.38. The molecule has 10 heteroatoms. The minimum atomic E-state index is -4.70. The number of nitrogens with one attached hydrogen (secondary N) is 1. The first-order chi connectivity index (χ1) is 38.4. The van der Waals surface area contributed by atoms with Gasteiger partial charge in [-0.05, 0) is 102 Å². The Bertz CT molecular complexity index is 1630. The summed E-state index contributed by atoms with van der Waals surface area (Å²) >= 11 is 0. The molecule has 0 aliphatic rings. The number of hydrogen-bond acceptors (Lipinski definition) is 7. The van der Waals surface area contributed by atoms with Crippen LogP contribution < -0.4 is 10.2 Å². The fourth-order valence-corrected chi connectivity index (χ4v) is 9.97. The summed E-state index contributed by atoms with van der Waals surface area (Å²) in [5, 5.41) is 3.03. The molecule has 458 valence electrons. The Morgan fingerprint density at radius 1 is 0.456 bits per heavy atom. The second-order valence-electron chi connectivity index (χ2n) is 23.2. The highest BCUT2D eigenvalue weighted by Gasteiger charge is 2.27. The fourth-order valence-electron chi connectivity index (χ4n) is 9.25. The summed E-state index contributed by atoms with van der Waals surface area (Å²) in [6, 6.07) is -0.894. The number of quaternary nitrogens is 1. The average molecular weight is 1130 g/mol. The first-order valence-electron chi connectivity index (χ1n) is 32.9. The molecule has 0 aromatic rings. The Morgan fingerprint density at radius 2 is 0.810 bits per heavy atom. The minimum Gasteiger partial charge on any atom is -0.756 e. The van der Waals surface area contributed by atoms with Crippen molar-refractivity contribution in [2.45, 2.75) is 303 Å². The van der Waals surface area contributed by atoms with Crippen molar-refractivity contribution in [2.75, 3.05) is 40.9 Å². The predicted octanol–water partition coefficient (Wildman–Crippen LogP) is 19.9. The molecule has 0 aliphatic heterocycles. The molecule has 0 fully saturated rings. The summed E-state index contributed by atoms with van der Waals surface area (Å²) < 4.78 is 30.3. The van der Waals surface area contributed by atoms with E-state index in [-0.39, 0.29) is 24.9 Å². The van der Waals surface area contributed by atoms with Crippen LogP contribution in [0.15, 0.2) is 85.1 Å². The summed E-state index contributed by atoms with van der Waals surface area (Å²) in [7, 11) is 1.18. The highest BCUT2D eigenvalue weighted by atomic mass is 31.2. The van der Waals surface area contributed by atoms with Gasteiger partial charge in [0.2, 0.25) is 5.91 Å². The van der Waals surface area contributed by atoms with E-state index in [9.17, 15) is 19.0 Å². The summed E-state index contributed by atoms with van der Waals surface area (Å²) in [6.07, 6.45) is 77.0. The lowest BCUT2D eigenvalue weighted by Crippen LogP contribution is -2.47. The number of hydrogen-bond donors (Lipinski definition) is 1. The molecular weight excluding hydrogens is 1000 g/mol. The number of nitrogens with zero attached hydrogens (tertiary/aromatic N) is 1. The van der Waals surface area contributed by atoms with Crippen LogP contribution in [0.1, 0.15) is 290 Å². The number of allylic oxidation sites excluding steroid dienone is 13. The van der Waals surface area contributed by atoms with E-state index in [1.54, 1.807) is 0 Å². The minimum absolute atomic E-state index is 0.0257. The second kappa shape index (κ2) is 58.4. The number of carbonyl (C=O) groups is 2. The van der Waals surface area contributed by atoms with Crippen LogP contribution in [0.25, 0.3) is 0 Å². The van der Waals surface area contributed by atoms with E-state index in [1.807, 2.05) is 33.3 Å². The second-order valence-corrected chi connectivity index (χ2v) is 24.6. The Morgan fingerprint density at radius 3 is 1.24 bits per heavy atom. The zero-order valence-electron chi connectivity index (χ0n) is 52.3. The van der Waals surface area contributed by atoms with Crippen molar-refractivity contribution in [3.05, 3.63) is 85.1 Å². The van der Waals surface area contributed by atoms with Gasteiger partial charge < -0.3 is 28.5 Å². The molecule has 0 saturated heterocycles. The lowest BCUT2D eigenvalue weighted by molar-refractivity contribution is -0.870. The number of likely N-dealkylation sites (N-methyl/N-ethyl adjacent to an activating group) is 1. The Hall–Kier alpha value is -2.81. The zero-order valence-corrected chi connectivity index (χ0v) is 53.2. The van der Waals surface area contributed by atoms with Gasteiger partial charge in [-0.1, -0.05) is 260 Å². The number of phosphoric ester groups is 1. The van der Waals surface area contributed by atoms with Gasteiger partial charge in [-0.15, -0.1) is 0 Å². The number of esters is 1. The standard InChI is InChI=1S/C69H125N2O7P/c1-7-10-13-16-19-22-25-27-29-30-31-32-33-34-35-36-37-38-39-40-42-44-47-50-53-56-59-62-69(73)78-67(60-57-54-51-48-45-24-21-18-15-12-9-3)66(65-77-79(74,75)76-64-63-71(4,5)6)70-68(72)61-58-55-52-49-46-43-41-28-26-23-20-17-14-11-8-2/h10,13,19,22-23,26-27,29,31-32,34-35,57,60,66-67H,7-9,11-12,14-18,20-21,24-25,28,30,33,36-56,58-59,61-65H2,1-6H3,(H-,70,72,74,75)/b13-10-,22-19-,26-23-,29-27-,32-31-,35-34-,60-57-. The molecule has 0 heterocycles. The summed E-state index contributed by atoms with van der Waals surface area (Å²) in [5.41, 5.74) is 0. The molecule has 3 unspecified atom stereocenters. The van der Waals surface area contributed by atoms with Crippen LogP contribution >= 0.6 is 7.82 Å². The predicted molar refractivity (Wildman–Crippen MR) is 339 cm³/mol. The van der Waals surface area contributed by atoms with Gasteiger partial charge in [-0.3, -0.25) is 14.2 Å². The van der Waals surface area contributed by atoms with Crippen LogP contribution in [-0.2, 0) is 27.9 Å². The van der Waals surface area contributed by atoms with Crippen molar-refractivity contribution < 1.29 is 37.3 Å². The van der Waals surface area contributed by atoms with Gasteiger partial charge in [0, 0.05) is 12.8 Å². The molecule has 0 aromatic heterocycles. The number of unbranched alkanes of at least 4 members (excludes halogenated alkanes) is 31. The van der Waals surface area contributed by atoms with Crippen LogP contribution in [0, 0.1) is 0 Å². The van der Waals surface area contributed by atoms with Gasteiger partial charge in [0.1, 0.15) is 19.3 Å². The molecule has 9 nitrogen and oxygen atoms in total. The van der Waals surface area contributed by atoms with E-state index in [4.69, 9.17) is 13.8 Å². The van der Waals surface area contributed by atoms with Gasteiger partial charge >= 0.3 is 5.97 Å². The topological polar surface area (TPSA) is 114 Å². The normalized spacial score (nSPS) is 14.2. The molecule has 1 amide bonds. The third-order valence-corrected chi connectivity index (χ3v) is 15.3. The average Bonchev–Trinajstić information content (AvgIpc) is 3.41. The maximum Gasteiger partial charge on any atom is 0.306 e. The number of carbonyl (C=O) groups excluding carboxylic acids is 2. The Labute approximate surface area is 488 Å². The van der Waals surface area contributed by atoms with E-state index >= 15 is 0 Å². The molecule has 1 N–H and O–H groups in total. The molecule has 0 bridgehead atoms. The first-order valence-corrected chi connectivity index (χ1v) is 34.4. The number of rotatable bonds is 59. The molecule has 0 rings (SSSR count). The highest BCUT2D eigenvalue weighted by molar-refractivity contribution is 7.45. The molecule has 0 radical (unpaired) electrons. The third kappa shape index (κ3) is 59.6. The SMILES string of the molecule is CC/C=C\C/C=C\C/C=C\C/C=C\C/C=C\CCCCCCCCCCCCCC(=O)OC(/C=C\CCCCCCCCCCC)C(COP(=O)([O-])OCC[N+](C)(C)C)NC(=O)CCCCCCCCC/C=C\CCCCCC. The number of ether oxygens (including phenoxy) is 1. The van der Waals surface area contributed by atoms with Gasteiger partial charge in [0.15, 0.2) is 0 Å². The molecular formula is C69H125N2O7P. The van der Waals surface area contributed by atoms with Gasteiger partial charge in [-0.25, -0.2) is 0 Å². The Kier molecular flexibility index (Phi) is 56.3. The molecule has 3 atom stereocenters. The van der Waals surface area contributed by atoms with Crippen molar-refractivity contribution in [1.29, 1.82) is 0 Å². The quantitative estimate of drug-likeness (QED) is 0.0212. The van der Waals surface area contributed by atoms with Crippen molar-refractivity contribution in [3.8, 4) is 0 Å². The molecule has 0 saturated carbocycles. The maximum absolute atomic E-state index is 13.5. The van der Waals surface area contributed by atoms with Crippen molar-refractivity contribution >= 4 is 19.7 Å². The van der Waals surface area contributed by atoms with Crippen LogP contribution in [0.4, 0.5) is 0 Å². The largest absolute Gasteiger partial charge is 0.756 e. The van der Waals surface area contributed by atoms with E-state index in [1.165, 1.54) is 148 Å². The summed E-state index contributed by atoms with van der Waals surface area (Å²) in [5.74, 6) is -0.548. The molecule has 0 aromatic carbocycles.